The number of benzene rings is 2. The minimum atomic E-state index is -0.556. The quantitative estimate of drug-likeness (QED) is 0.530. The van der Waals surface area contributed by atoms with Crippen LogP contribution in [0, 0.1) is 6.92 Å². The molecule has 0 fully saturated rings. The Morgan fingerprint density at radius 2 is 1.68 bits per heavy atom. The summed E-state index contributed by atoms with van der Waals surface area (Å²) in [4.78, 5) is 0.933. The molecule has 2 rings (SSSR count). The van der Waals surface area contributed by atoms with E-state index in [4.69, 9.17) is 31.2 Å². The molecular formula is C14H13Cl2NSTi-2. The fourth-order valence-electron chi connectivity index (χ4n) is 1.55. The third kappa shape index (κ3) is 6.16. The van der Waals surface area contributed by atoms with Gasteiger partial charge in [-0.05, 0) is 6.92 Å². The molecule has 0 saturated carbocycles. The van der Waals surface area contributed by atoms with E-state index in [1.165, 1.54) is 0 Å². The van der Waals surface area contributed by atoms with Crippen LogP contribution in [0.2, 0.25) is 0 Å². The Hall–Kier alpha value is -0.246. The zero-order chi connectivity index (χ0) is 14.1. The summed E-state index contributed by atoms with van der Waals surface area (Å²) >= 11 is 4.79. The van der Waals surface area contributed by atoms with Crippen LogP contribution in [0.4, 0.5) is 5.69 Å². The average Bonchev–Trinajstić information content (AvgIpc) is 2.43. The van der Waals surface area contributed by atoms with Crippen LogP contribution in [0.3, 0.4) is 0 Å². The molecule has 0 radical (unpaired) electrons. The first-order valence-corrected chi connectivity index (χ1v) is 10.3. The Morgan fingerprint density at radius 3 is 2.32 bits per heavy atom. The van der Waals surface area contributed by atoms with Gasteiger partial charge >= 0.3 is 35.6 Å². The number of aryl methyl sites for hydroxylation is 1. The number of nitrogens with zero attached hydrogens (tertiary/aromatic N) is 1. The predicted molar refractivity (Wildman–Crippen MR) is 81.7 cm³/mol. The predicted octanol–water partition coefficient (Wildman–Crippen LogP) is 5.48. The Labute approximate surface area is 136 Å². The number of hydrogen-bond acceptors (Lipinski definition) is 1. The van der Waals surface area contributed by atoms with Crippen LogP contribution in [0.1, 0.15) is 11.1 Å². The maximum atomic E-state index is 5.35. The normalized spacial score (nSPS) is 9.21. The van der Waals surface area contributed by atoms with E-state index in [1.54, 1.807) is 0 Å². The van der Waals surface area contributed by atoms with E-state index in [0.29, 0.717) is 6.54 Å². The molecule has 5 heteroatoms. The van der Waals surface area contributed by atoms with Crippen LogP contribution in [0.15, 0.2) is 53.4 Å². The van der Waals surface area contributed by atoms with Gasteiger partial charge in [0.1, 0.15) is 0 Å². The molecule has 0 atom stereocenters. The molecule has 0 aliphatic carbocycles. The van der Waals surface area contributed by atoms with E-state index in [-0.39, 0.29) is 0 Å². The van der Waals surface area contributed by atoms with Crippen molar-refractivity contribution in [3.63, 3.8) is 0 Å². The zero-order valence-electron chi connectivity index (χ0n) is 10.4. The fourth-order valence-corrected chi connectivity index (χ4v) is 1.75. The molecule has 0 heterocycles. The van der Waals surface area contributed by atoms with Gasteiger partial charge in [0.05, 0.1) is 0 Å². The monoisotopic (exact) mass is 345 g/mol. The SMILES string of the molecule is Cc1cccc(C[N-]c2ccccc2)c1[S-].[Cl][Ti][Cl]. The van der Waals surface area contributed by atoms with E-state index in [1.807, 2.05) is 55.5 Å². The summed E-state index contributed by atoms with van der Waals surface area (Å²) in [6.45, 7) is 2.69. The van der Waals surface area contributed by atoms with Gasteiger partial charge in [0.2, 0.25) is 0 Å². The number of para-hydroxylation sites is 1. The molecule has 19 heavy (non-hydrogen) atoms. The topological polar surface area (TPSA) is 14.1 Å². The van der Waals surface area contributed by atoms with Crippen molar-refractivity contribution in [2.45, 2.75) is 18.4 Å². The standard InChI is InChI=1S/C14H14NS.2ClH.Ti/c1-11-6-5-7-12(14(11)16)10-15-13-8-3-2-4-9-13;;;/h2-9,16H,10H2,1H3;2*1H;/q-1;;;+2/p-3. The molecule has 0 aliphatic heterocycles. The van der Waals surface area contributed by atoms with Gasteiger partial charge in [-0.25, -0.2) is 0 Å². The first kappa shape index (κ1) is 16.8. The van der Waals surface area contributed by atoms with E-state index in [0.717, 1.165) is 21.7 Å². The maximum absolute atomic E-state index is 5.35. The van der Waals surface area contributed by atoms with Crippen molar-refractivity contribution < 1.29 is 17.0 Å². The molecule has 0 unspecified atom stereocenters. The van der Waals surface area contributed by atoms with Crippen molar-refractivity contribution in [2.24, 2.45) is 0 Å². The van der Waals surface area contributed by atoms with Crippen LogP contribution in [-0.2, 0) is 36.2 Å². The molecule has 0 saturated heterocycles. The second kappa shape index (κ2) is 9.63. The van der Waals surface area contributed by atoms with Gasteiger partial charge in [0.25, 0.3) is 0 Å². The van der Waals surface area contributed by atoms with Crippen LogP contribution in [0.25, 0.3) is 5.32 Å². The van der Waals surface area contributed by atoms with Gasteiger partial charge in [-0.15, -0.1) is 12.2 Å². The number of hydrogen-bond donors (Lipinski definition) is 0. The van der Waals surface area contributed by atoms with Gasteiger partial charge in [0.15, 0.2) is 0 Å². The van der Waals surface area contributed by atoms with Crippen molar-refractivity contribution in [3.8, 4) is 0 Å². The summed E-state index contributed by atoms with van der Waals surface area (Å²) in [7, 11) is 9.78. The molecule has 1 nitrogen and oxygen atoms in total. The first-order valence-electron chi connectivity index (χ1n) is 5.63. The molecule has 0 aliphatic rings. The van der Waals surface area contributed by atoms with Crippen molar-refractivity contribution in [1.82, 2.24) is 0 Å². The Balaban J connectivity index is 0.000000550. The summed E-state index contributed by atoms with van der Waals surface area (Å²) in [5.74, 6) is 0. The van der Waals surface area contributed by atoms with E-state index < -0.39 is 17.0 Å². The second-order valence-electron chi connectivity index (χ2n) is 3.79. The molecule has 2 aromatic carbocycles. The van der Waals surface area contributed by atoms with Crippen molar-refractivity contribution in [3.05, 3.63) is 65.0 Å². The van der Waals surface area contributed by atoms with Crippen LogP contribution in [0.5, 0.6) is 0 Å². The van der Waals surface area contributed by atoms with Gasteiger partial charge < -0.3 is 17.9 Å². The van der Waals surface area contributed by atoms with Crippen LogP contribution >= 0.6 is 18.6 Å². The summed E-state index contributed by atoms with van der Waals surface area (Å²) in [6.07, 6.45) is 0. The zero-order valence-corrected chi connectivity index (χ0v) is 14.3. The van der Waals surface area contributed by atoms with Crippen molar-refractivity contribution >= 4 is 36.9 Å². The summed E-state index contributed by atoms with van der Waals surface area (Å²) in [6, 6.07) is 16.1. The van der Waals surface area contributed by atoms with Gasteiger partial charge in [-0.3, -0.25) is 0 Å². The Morgan fingerprint density at radius 1 is 1.05 bits per heavy atom. The van der Waals surface area contributed by atoms with Gasteiger partial charge in [-0.2, -0.15) is 4.90 Å². The van der Waals surface area contributed by atoms with E-state index >= 15 is 0 Å². The van der Waals surface area contributed by atoms with Crippen molar-refractivity contribution in [2.75, 3.05) is 0 Å². The molecule has 2 aromatic rings. The second-order valence-corrected chi connectivity index (χ2v) is 6.77. The molecule has 100 valence electrons. The van der Waals surface area contributed by atoms with E-state index in [9.17, 15) is 0 Å². The molecule has 0 spiro atoms. The molecule has 0 amide bonds. The van der Waals surface area contributed by atoms with Crippen LogP contribution < -0.4 is 0 Å². The third-order valence-corrected chi connectivity index (χ3v) is 3.07. The summed E-state index contributed by atoms with van der Waals surface area (Å²) < 4.78 is 0. The van der Waals surface area contributed by atoms with Gasteiger partial charge in [-0.1, -0.05) is 59.7 Å². The third-order valence-electron chi connectivity index (χ3n) is 2.48. The molecule has 0 N–H and O–H groups in total. The summed E-state index contributed by atoms with van der Waals surface area (Å²) in [5, 5.41) is 4.51. The number of rotatable bonds is 3. The minimum absolute atomic E-state index is 0.556. The molecule has 0 aromatic heterocycles. The first-order chi connectivity index (χ1) is 9.19. The Bertz CT molecular complexity index is 494. The number of halogens is 2. The van der Waals surface area contributed by atoms with E-state index in [2.05, 4.69) is 5.32 Å². The van der Waals surface area contributed by atoms with Crippen molar-refractivity contribution in [1.29, 1.82) is 0 Å². The molecular weight excluding hydrogens is 333 g/mol. The van der Waals surface area contributed by atoms with Crippen LogP contribution in [-0.4, -0.2) is 0 Å². The van der Waals surface area contributed by atoms with Gasteiger partial charge in [0, 0.05) is 0 Å². The Kier molecular flexibility index (Phi) is 8.51. The average molecular weight is 346 g/mol. The molecule has 0 bridgehead atoms. The summed E-state index contributed by atoms with van der Waals surface area (Å²) in [5.41, 5.74) is 3.27. The fraction of sp³-hybridized carbons (Fsp3) is 0.143.